The number of rotatable bonds is 4. The molecule has 0 saturated heterocycles. The first-order chi connectivity index (χ1) is 13.2. The third-order valence-electron chi connectivity index (χ3n) is 5.04. The first-order valence-electron chi connectivity index (χ1n) is 9.24. The lowest BCUT2D eigenvalue weighted by molar-refractivity contribution is -0.121. The number of amides is 2. The van der Waals surface area contributed by atoms with Gasteiger partial charge in [0.15, 0.2) is 5.69 Å². The Labute approximate surface area is 156 Å². The maximum absolute atomic E-state index is 12.7. The van der Waals surface area contributed by atoms with Crippen molar-refractivity contribution in [1.82, 2.24) is 15.0 Å². The van der Waals surface area contributed by atoms with Crippen LogP contribution in [0.3, 0.4) is 0 Å². The summed E-state index contributed by atoms with van der Waals surface area (Å²) in [5.74, 6) is 0.505. The van der Waals surface area contributed by atoms with Crippen molar-refractivity contribution in [2.24, 2.45) is 0 Å². The van der Waals surface area contributed by atoms with Crippen LogP contribution in [0.25, 0.3) is 10.9 Å². The van der Waals surface area contributed by atoms with E-state index in [4.69, 9.17) is 4.52 Å². The van der Waals surface area contributed by atoms with Gasteiger partial charge in [0.2, 0.25) is 5.91 Å². The van der Waals surface area contributed by atoms with Gasteiger partial charge in [-0.25, -0.2) is 0 Å². The van der Waals surface area contributed by atoms with Gasteiger partial charge >= 0.3 is 0 Å². The zero-order valence-corrected chi connectivity index (χ0v) is 15.2. The van der Waals surface area contributed by atoms with Crippen LogP contribution in [0.15, 0.2) is 35.0 Å². The Morgan fingerprint density at radius 3 is 2.89 bits per heavy atom. The predicted octanol–water partition coefficient (Wildman–Crippen LogP) is 2.90. The SMILES string of the molecule is CNC(=O)Cn1ccc2ccc(NC(=O)c3noc4c3CCCCC4)cc21. The van der Waals surface area contributed by atoms with Gasteiger partial charge in [-0.1, -0.05) is 17.6 Å². The Morgan fingerprint density at radius 1 is 1.19 bits per heavy atom. The fraction of sp³-hybridized carbons (Fsp3) is 0.350. The van der Waals surface area contributed by atoms with Crippen LogP contribution in [-0.4, -0.2) is 28.6 Å². The van der Waals surface area contributed by atoms with Crippen molar-refractivity contribution in [3.63, 3.8) is 0 Å². The minimum absolute atomic E-state index is 0.0766. The molecule has 7 heteroatoms. The largest absolute Gasteiger partial charge is 0.360 e. The number of anilines is 1. The number of hydrogen-bond donors (Lipinski definition) is 2. The topological polar surface area (TPSA) is 89.2 Å². The molecular weight excluding hydrogens is 344 g/mol. The first kappa shape index (κ1) is 17.3. The molecule has 0 unspecified atom stereocenters. The number of nitrogens with one attached hydrogen (secondary N) is 2. The molecule has 2 aromatic heterocycles. The predicted molar refractivity (Wildman–Crippen MR) is 102 cm³/mol. The van der Waals surface area contributed by atoms with Gasteiger partial charge in [0.05, 0.1) is 5.52 Å². The zero-order chi connectivity index (χ0) is 18.8. The second kappa shape index (κ2) is 7.26. The molecule has 1 aliphatic carbocycles. The number of hydrogen-bond acceptors (Lipinski definition) is 4. The van der Waals surface area contributed by atoms with Crippen LogP contribution in [0.5, 0.6) is 0 Å². The van der Waals surface area contributed by atoms with Crippen molar-refractivity contribution >= 4 is 28.4 Å². The summed E-state index contributed by atoms with van der Waals surface area (Å²) >= 11 is 0. The standard InChI is InChI=1S/C20H22N4O3/c1-21-18(25)12-24-10-9-13-7-8-14(11-16(13)24)22-20(26)19-15-5-3-2-4-6-17(15)27-23-19/h7-11H,2-6,12H2,1H3,(H,21,25)(H,22,26). The first-order valence-corrected chi connectivity index (χ1v) is 9.24. The molecule has 2 amide bonds. The molecule has 3 aromatic rings. The fourth-order valence-corrected chi connectivity index (χ4v) is 3.56. The van der Waals surface area contributed by atoms with Crippen LogP contribution in [0, 0.1) is 0 Å². The van der Waals surface area contributed by atoms with E-state index in [0.29, 0.717) is 11.4 Å². The highest BCUT2D eigenvalue weighted by Crippen LogP contribution is 2.25. The second-order valence-electron chi connectivity index (χ2n) is 6.84. The Balaban J connectivity index is 1.58. The monoisotopic (exact) mass is 366 g/mol. The van der Waals surface area contributed by atoms with Gasteiger partial charge in [0, 0.05) is 30.9 Å². The summed E-state index contributed by atoms with van der Waals surface area (Å²) in [6.45, 7) is 0.230. The summed E-state index contributed by atoms with van der Waals surface area (Å²) in [4.78, 5) is 24.4. The molecule has 4 rings (SSSR count). The molecule has 2 heterocycles. The van der Waals surface area contributed by atoms with E-state index in [-0.39, 0.29) is 18.4 Å². The number of nitrogens with zero attached hydrogens (tertiary/aromatic N) is 2. The molecule has 0 aliphatic heterocycles. The van der Waals surface area contributed by atoms with Crippen LogP contribution in [0.2, 0.25) is 0 Å². The average molecular weight is 366 g/mol. The zero-order valence-electron chi connectivity index (χ0n) is 15.2. The van der Waals surface area contributed by atoms with Gasteiger partial charge in [-0.2, -0.15) is 0 Å². The van der Waals surface area contributed by atoms with Gasteiger partial charge in [0.25, 0.3) is 5.91 Å². The summed E-state index contributed by atoms with van der Waals surface area (Å²) in [6.07, 6.45) is 6.80. The summed E-state index contributed by atoms with van der Waals surface area (Å²) in [5, 5.41) is 10.6. The van der Waals surface area contributed by atoms with Crippen molar-refractivity contribution in [3.05, 3.63) is 47.5 Å². The smallest absolute Gasteiger partial charge is 0.278 e. The fourth-order valence-electron chi connectivity index (χ4n) is 3.56. The minimum Gasteiger partial charge on any atom is -0.360 e. The van der Waals surface area contributed by atoms with Crippen LogP contribution < -0.4 is 10.6 Å². The van der Waals surface area contributed by atoms with E-state index in [2.05, 4.69) is 15.8 Å². The molecule has 0 spiro atoms. The summed E-state index contributed by atoms with van der Waals surface area (Å²) in [6, 6.07) is 7.59. The third kappa shape index (κ3) is 3.45. The Bertz CT molecular complexity index is 1000. The maximum atomic E-state index is 12.7. The maximum Gasteiger partial charge on any atom is 0.278 e. The number of fused-ring (bicyclic) bond motifs is 2. The van der Waals surface area contributed by atoms with Crippen molar-refractivity contribution in [1.29, 1.82) is 0 Å². The molecule has 0 fully saturated rings. The number of carbonyl (C=O) groups excluding carboxylic acids is 2. The van der Waals surface area contributed by atoms with E-state index in [1.807, 2.05) is 35.0 Å². The van der Waals surface area contributed by atoms with E-state index in [1.165, 1.54) is 0 Å². The Morgan fingerprint density at radius 2 is 2.04 bits per heavy atom. The normalized spacial score (nSPS) is 13.8. The van der Waals surface area contributed by atoms with Crippen molar-refractivity contribution < 1.29 is 14.1 Å². The van der Waals surface area contributed by atoms with Gasteiger partial charge in [-0.15, -0.1) is 0 Å². The van der Waals surface area contributed by atoms with E-state index in [9.17, 15) is 9.59 Å². The van der Waals surface area contributed by atoms with Crippen molar-refractivity contribution in [2.75, 3.05) is 12.4 Å². The summed E-state index contributed by atoms with van der Waals surface area (Å²) in [5.41, 5.74) is 2.87. The lowest BCUT2D eigenvalue weighted by Gasteiger charge is -2.08. The van der Waals surface area contributed by atoms with Gasteiger partial charge < -0.3 is 19.7 Å². The van der Waals surface area contributed by atoms with E-state index < -0.39 is 0 Å². The highest BCUT2D eigenvalue weighted by Gasteiger charge is 2.23. The molecule has 7 nitrogen and oxygen atoms in total. The lowest BCUT2D eigenvalue weighted by Crippen LogP contribution is -2.23. The number of likely N-dealkylation sites (N-methyl/N-ethyl adjacent to an activating group) is 1. The molecule has 0 bridgehead atoms. The number of aryl methyl sites for hydroxylation is 1. The molecule has 140 valence electrons. The molecule has 0 atom stereocenters. The quantitative estimate of drug-likeness (QED) is 0.695. The van der Waals surface area contributed by atoms with Crippen LogP contribution in [0.4, 0.5) is 5.69 Å². The summed E-state index contributed by atoms with van der Waals surface area (Å²) < 4.78 is 7.25. The van der Waals surface area contributed by atoms with Gasteiger partial charge in [-0.3, -0.25) is 9.59 Å². The lowest BCUT2D eigenvalue weighted by atomic mass is 10.1. The van der Waals surface area contributed by atoms with E-state index in [1.54, 1.807) is 7.05 Å². The van der Waals surface area contributed by atoms with Crippen molar-refractivity contribution in [3.8, 4) is 0 Å². The molecule has 2 N–H and O–H groups in total. The number of carbonyl (C=O) groups is 2. The Hall–Kier alpha value is -3.09. The van der Waals surface area contributed by atoms with Crippen LogP contribution in [-0.2, 0) is 24.2 Å². The van der Waals surface area contributed by atoms with E-state index >= 15 is 0 Å². The van der Waals surface area contributed by atoms with Crippen LogP contribution in [0.1, 0.15) is 41.1 Å². The van der Waals surface area contributed by atoms with Gasteiger partial charge in [-0.05, 0) is 42.8 Å². The average Bonchev–Trinajstić information content (AvgIpc) is 3.18. The highest BCUT2D eigenvalue weighted by atomic mass is 16.5. The molecule has 27 heavy (non-hydrogen) atoms. The van der Waals surface area contributed by atoms with Gasteiger partial charge in [0.1, 0.15) is 12.3 Å². The second-order valence-corrected chi connectivity index (χ2v) is 6.84. The molecule has 0 saturated carbocycles. The minimum atomic E-state index is -0.259. The van der Waals surface area contributed by atoms with E-state index in [0.717, 1.165) is 54.3 Å². The van der Waals surface area contributed by atoms with Crippen LogP contribution >= 0.6 is 0 Å². The molecular formula is C20H22N4O3. The third-order valence-corrected chi connectivity index (χ3v) is 5.04. The van der Waals surface area contributed by atoms with Crippen molar-refractivity contribution in [2.45, 2.75) is 38.6 Å². The Kier molecular flexibility index (Phi) is 4.66. The number of benzene rings is 1. The highest BCUT2D eigenvalue weighted by molar-refractivity contribution is 6.04. The summed E-state index contributed by atoms with van der Waals surface area (Å²) in [7, 11) is 1.61. The molecule has 1 aromatic carbocycles. The molecule has 1 aliphatic rings. The number of aromatic nitrogens is 2. The molecule has 0 radical (unpaired) electrons.